The number of piperazine rings is 1. The number of nitrogens with zero attached hydrogens (tertiary/aromatic N) is 7. The number of rotatable bonds is 7. The quantitative estimate of drug-likeness (QED) is 0.273. The molecule has 1 aliphatic rings. The smallest absolute Gasteiger partial charge is 0.319 e. The number of hydrogen-bond donors (Lipinski definition) is 0. The second kappa shape index (κ2) is 11.2. The van der Waals surface area contributed by atoms with Crippen LogP contribution in [0.2, 0.25) is 0 Å². The molecule has 43 heavy (non-hydrogen) atoms. The van der Waals surface area contributed by atoms with Crippen molar-refractivity contribution in [1.82, 2.24) is 29.5 Å². The van der Waals surface area contributed by atoms with E-state index in [1.165, 1.54) is 6.08 Å². The van der Waals surface area contributed by atoms with E-state index in [1.54, 1.807) is 10.9 Å². The van der Waals surface area contributed by atoms with Crippen molar-refractivity contribution in [2.45, 2.75) is 59.2 Å². The van der Waals surface area contributed by atoms with Crippen LogP contribution in [-0.2, 0) is 11.8 Å². The molecule has 1 aliphatic heterocycles. The van der Waals surface area contributed by atoms with E-state index in [-0.39, 0.29) is 35.1 Å². The topological polar surface area (TPSA) is 79.6 Å². The lowest BCUT2D eigenvalue weighted by atomic mass is 9.92. The van der Waals surface area contributed by atoms with Crippen LogP contribution in [0.4, 0.5) is 10.2 Å². The normalized spacial score (nSPS) is 17.7. The number of ether oxygens (including phenoxy) is 1. The van der Waals surface area contributed by atoms with E-state index < -0.39 is 5.82 Å². The van der Waals surface area contributed by atoms with E-state index in [2.05, 4.69) is 40.3 Å². The molecule has 1 fully saturated rings. The second-order valence-corrected chi connectivity index (χ2v) is 12.6. The molecule has 0 aliphatic carbocycles. The molecular weight excluding hydrogens is 545 g/mol. The van der Waals surface area contributed by atoms with E-state index in [4.69, 9.17) is 9.72 Å². The fraction of sp³-hybridized carbons (Fsp3) is 0.455. The monoisotopic (exact) mass is 587 g/mol. The minimum atomic E-state index is -0.423. The van der Waals surface area contributed by atoms with Crippen molar-refractivity contribution in [1.29, 1.82) is 0 Å². The Hall–Kier alpha value is -4.05. The van der Waals surface area contributed by atoms with Gasteiger partial charge in [-0.05, 0) is 78.9 Å². The number of benzene rings is 2. The SMILES string of the molecule is C=CC(=O)N1C[C@H](C)N(c2nc(OCC(C)(C)N(C)C)nc3c(F)c(-c4c(C)ccc5cnn(C)c45)c(C)cc23)C[C@H]1C. The molecule has 1 amide bonds. The summed E-state index contributed by atoms with van der Waals surface area (Å²) in [5, 5.41) is 5.99. The number of carbonyl (C=O) groups is 1. The molecule has 0 saturated carbocycles. The first kappa shape index (κ1) is 30.4. The third-order valence-corrected chi connectivity index (χ3v) is 8.93. The summed E-state index contributed by atoms with van der Waals surface area (Å²) < 4.78 is 25.0. The first-order valence-electron chi connectivity index (χ1n) is 14.7. The minimum absolute atomic E-state index is 0.0854. The molecule has 5 rings (SSSR count). The fourth-order valence-corrected chi connectivity index (χ4v) is 5.81. The Kier molecular flexibility index (Phi) is 7.94. The highest BCUT2D eigenvalue weighted by atomic mass is 19.1. The first-order valence-corrected chi connectivity index (χ1v) is 14.7. The van der Waals surface area contributed by atoms with E-state index in [9.17, 15) is 4.79 Å². The number of carbonyl (C=O) groups excluding carboxylic acids is 1. The van der Waals surface area contributed by atoms with Gasteiger partial charge >= 0.3 is 6.01 Å². The van der Waals surface area contributed by atoms with E-state index in [0.717, 1.165) is 27.6 Å². The average molecular weight is 588 g/mol. The summed E-state index contributed by atoms with van der Waals surface area (Å²) in [5.74, 6) is 0.0674. The Morgan fingerprint density at radius 3 is 2.53 bits per heavy atom. The van der Waals surface area contributed by atoms with E-state index in [0.29, 0.717) is 36.5 Å². The predicted octanol–water partition coefficient (Wildman–Crippen LogP) is 5.27. The van der Waals surface area contributed by atoms with Crippen LogP contribution in [0.3, 0.4) is 0 Å². The molecule has 0 unspecified atom stereocenters. The third-order valence-electron chi connectivity index (χ3n) is 8.93. The Balaban J connectivity index is 1.72. The van der Waals surface area contributed by atoms with Crippen LogP contribution in [-0.4, -0.2) is 86.9 Å². The van der Waals surface area contributed by atoms with Gasteiger partial charge in [0.2, 0.25) is 5.91 Å². The number of aromatic nitrogens is 4. The van der Waals surface area contributed by atoms with Crippen molar-refractivity contribution < 1.29 is 13.9 Å². The van der Waals surface area contributed by atoms with Crippen molar-refractivity contribution in [2.24, 2.45) is 7.05 Å². The highest BCUT2D eigenvalue weighted by Gasteiger charge is 2.34. The van der Waals surface area contributed by atoms with Crippen molar-refractivity contribution in [3.8, 4) is 17.1 Å². The highest BCUT2D eigenvalue weighted by Crippen LogP contribution is 2.41. The maximum atomic E-state index is 17.0. The summed E-state index contributed by atoms with van der Waals surface area (Å²) in [6.45, 7) is 17.1. The lowest BCUT2D eigenvalue weighted by Crippen LogP contribution is -2.58. The number of anilines is 1. The number of hydrogen-bond acceptors (Lipinski definition) is 7. The van der Waals surface area contributed by atoms with Crippen LogP contribution < -0.4 is 9.64 Å². The van der Waals surface area contributed by atoms with Gasteiger partial charge in [0.05, 0.1) is 11.7 Å². The van der Waals surface area contributed by atoms with Crippen molar-refractivity contribution in [2.75, 3.05) is 38.7 Å². The van der Waals surface area contributed by atoms with Gasteiger partial charge in [-0.25, -0.2) is 4.39 Å². The Bertz CT molecular complexity index is 1730. The van der Waals surface area contributed by atoms with Crippen molar-refractivity contribution >= 4 is 33.5 Å². The number of aryl methyl sites for hydroxylation is 3. The Morgan fingerprint density at radius 2 is 1.86 bits per heavy atom. The maximum Gasteiger partial charge on any atom is 0.319 e. The molecule has 3 heterocycles. The molecule has 228 valence electrons. The zero-order chi connectivity index (χ0) is 31.4. The summed E-state index contributed by atoms with van der Waals surface area (Å²) in [4.78, 5) is 28.1. The molecule has 4 aromatic rings. The molecule has 0 bridgehead atoms. The minimum Gasteiger partial charge on any atom is -0.461 e. The van der Waals surface area contributed by atoms with Crippen LogP contribution in [0, 0.1) is 19.7 Å². The maximum absolute atomic E-state index is 17.0. The summed E-state index contributed by atoms with van der Waals surface area (Å²) in [7, 11) is 5.84. The predicted molar refractivity (Wildman–Crippen MR) is 170 cm³/mol. The van der Waals surface area contributed by atoms with Crippen LogP contribution >= 0.6 is 0 Å². The van der Waals surface area contributed by atoms with Crippen LogP contribution in [0.1, 0.15) is 38.8 Å². The summed E-state index contributed by atoms with van der Waals surface area (Å²) in [6.07, 6.45) is 3.15. The van der Waals surface area contributed by atoms with E-state index in [1.807, 2.05) is 71.9 Å². The lowest BCUT2D eigenvalue weighted by Gasteiger charge is -2.44. The first-order chi connectivity index (χ1) is 20.2. The van der Waals surface area contributed by atoms with Gasteiger partial charge in [0, 0.05) is 59.7 Å². The molecule has 1 saturated heterocycles. The Labute approximate surface area is 252 Å². The van der Waals surface area contributed by atoms with Gasteiger partial charge in [-0.2, -0.15) is 15.1 Å². The fourth-order valence-electron chi connectivity index (χ4n) is 5.81. The van der Waals surface area contributed by atoms with Gasteiger partial charge < -0.3 is 19.4 Å². The largest absolute Gasteiger partial charge is 0.461 e. The molecular formula is C33H42FN7O2. The molecule has 0 radical (unpaired) electrons. The average Bonchev–Trinajstić information content (AvgIpc) is 3.33. The van der Waals surface area contributed by atoms with Crippen LogP contribution in [0.25, 0.3) is 32.9 Å². The van der Waals surface area contributed by atoms with Gasteiger partial charge in [-0.1, -0.05) is 18.7 Å². The van der Waals surface area contributed by atoms with Gasteiger partial charge in [-0.15, -0.1) is 0 Å². The molecule has 0 N–H and O–H groups in total. The van der Waals surface area contributed by atoms with Crippen molar-refractivity contribution in [3.05, 3.63) is 54.0 Å². The van der Waals surface area contributed by atoms with Gasteiger partial charge in [0.15, 0.2) is 5.82 Å². The van der Waals surface area contributed by atoms with Crippen molar-refractivity contribution in [3.63, 3.8) is 0 Å². The van der Waals surface area contributed by atoms with Gasteiger partial charge in [0.1, 0.15) is 17.9 Å². The third kappa shape index (κ3) is 5.33. The number of amides is 1. The molecule has 9 nitrogen and oxygen atoms in total. The molecule has 0 spiro atoms. The highest BCUT2D eigenvalue weighted by molar-refractivity contribution is 6.01. The number of fused-ring (bicyclic) bond motifs is 2. The van der Waals surface area contributed by atoms with E-state index >= 15 is 4.39 Å². The summed E-state index contributed by atoms with van der Waals surface area (Å²) in [5.41, 5.74) is 3.77. The van der Waals surface area contributed by atoms with Gasteiger partial charge in [0.25, 0.3) is 0 Å². The van der Waals surface area contributed by atoms with Crippen LogP contribution in [0.5, 0.6) is 6.01 Å². The standard InChI is InChI=1S/C33H42FN7O2/c1-11-25(42)40-16-22(5)41(17-21(40)4)31-24-14-20(3)26(27-19(2)12-13-23-15-35-39(10)30(23)27)28(34)29(24)36-32(37-31)43-18-33(6,7)38(8)9/h11-15,21-22H,1,16-18H2,2-10H3/t21-,22+/m1/s1. The number of likely N-dealkylation sites (N-methyl/N-ethyl adjacent to an activating group) is 1. The van der Waals surface area contributed by atoms with Gasteiger partial charge in [-0.3, -0.25) is 9.48 Å². The zero-order valence-electron chi connectivity index (χ0n) is 26.7. The van der Waals surface area contributed by atoms with Crippen LogP contribution in [0.15, 0.2) is 37.1 Å². The lowest BCUT2D eigenvalue weighted by molar-refractivity contribution is -0.128. The second-order valence-electron chi connectivity index (χ2n) is 12.6. The number of halogens is 1. The summed E-state index contributed by atoms with van der Waals surface area (Å²) in [6, 6.07) is 5.92. The molecule has 2 aromatic carbocycles. The zero-order valence-corrected chi connectivity index (χ0v) is 26.7. The molecule has 2 atom stereocenters. The Morgan fingerprint density at radius 1 is 1.14 bits per heavy atom. The summed E-state index contributed by atoms with van der Waals surface area (Å²) >= 11 is 0. The molecule has 10 heteroatoms. The molecule has 2 aromatic heterocycles.